The molecule has 1 amide bonds. The van der Waals surface area contributed by atoms with Crippen LogP contribution in [0.1, 0.15) is 23.7 Å². The van der Waals surface area contributed by atoms with Gasteiger partial charge >= 0.3 is 6.09 Å². The Kier molecular flexibility index (Phi) is 3.43. The number of aromatic nitrogens is 1. The maximum Gasteiger partial charge on any atom is 0.405 e. The number of rotatable bonds is 2. The summed E-state index contributed by atoms with van der Waals surface area (Å²) in [4.78, 5) is 14.3. The number of benzene rings is 1. The Hall–Kier alpha value is -1.53. The van der Waals surface area contributed by atoms with Crippen molar-refractivity contribution in [2.45, 2.75) is 18.9 Å². The highest BCUT2D eigenvalue weighted by Gasteiger charge is 2.30. The number of carboxylic acid groups (broad SMARTS) is 1. The van der Waals surface area contributed by atoms with Gasteiger partial charge < -0.3 is 20.5 Å². The molecule has 1 aliphatic carbocycles. The van der Waals surface area contributed by atoms with Gasteiger partial charge in [0.25, 0.3) is 0 Å². The fourth-order valence-electron chi connectivity index (χ4n) is 3.00. The van der Waals surface area contributed by atoms with E-state index in [1.54, 1.807) is 0 Å². The van der Waals surface area contributed by atoms with E-state index in [-0.39, 0.29) is 18.6 Å². The summed E-state index contributed by atoms with van der Waals surface area (Å²) >= 11 is 3.46. The average molecular weight is 339 g/mol. The van der Waals surface area contributed by atoms with Gasteiger partial charge in [0.1, 0.15) is 0 Å². The van der Waals surface area contributed by atoms with Crippen LogP contribution >= 0.6 is 15.9 Å². The Morgan fingerprint density at radius 2 is 2.30 bits per heavy atom. The smallest absolute Gasteiger partial charge is 0.405 e. The Balaban J connectivity index is 2.12. The number of aromatic amines is 1. The number of nitrogens with one attached hydrogen (secondary N) is 2. The number of carbonyl (C=O) groups is 1. The Bertz CT molecular complexity index is 668. The molecular weight excluding hydrogens is 324 g/mol. The van der Waals surface area contributed by atoms with Crippen LogP contribution in [0.4, 0.5) is 4.79 Å². The number of amides is 1. The lowest BCUT2D eigenvalue weighted by atomic mass is 9.84. The van der Waals surface area contributed by atoms with E-state index in [4.69, 9.17) is 5.11 Å². The van der Waals surface area contributed by atoms with Crippen LogP contribution in [0.3, 0.4) is 0 Å². The molecule has 106 valence electrons. The summed E-state index contributed by atoms with van der Waals surface area (Å²) in [5, 5.41) is 22.0. The number of hydrogen-bond donors (Lipinski definition) is 4. The first-order valence-electron chi connectivity index (χ1n) is 6.48. The summed E-state index contributed by atoms with van der Waals surface area (Å²) in [6.07, 6.45) is 0.337. The normalized spacial score (nSPS) is 21.7. The lowest BCUT2D eigenvalue weighted by molar-refractivity contribution is 0.173. The average Bonchev–Trinajstić information content (AvgIpc) is 2.76. The first-order valence-corrected chi connectivity index (χ1v) is 7.28. The maximum absolute atomic E-state index is 10.9. The van der Waals surface area contributed by atoms with E-state index < -0.39 is 6.09 Å². The lowest BCUT2D eigenvalue weighted by Crippen LogP contribution is -2.33. The van der Waals surface area contributed by atoms with Crippen LogP contribution in [-0.4, -0.2) is 27.9 Å². The van der Waals surface area contributed by atoms with E-state index in [2.05, 4.69) is 26.2 Å². The van der Waals surface area contributed by atoms with Crippen molar-refractivity contribution in [1.29, 1.82) is 0 Å². The maximum atomic E-state index is 10.9. The fourth-order valence-corrected chi connectivity index (χ4v) is 3.36. The molecule has 0 bridgehead atoms. The summed E-state index contributed by atoms with van der Waals surface area (Å²) < 4.78 is 0.987. The molecule has 6 heteroatoms. The molecule has 0 spiro atoms. The van der Waals surface area contributed by atoms with Crippen molar-refractivity contribution in [3.8, 4) is 0 Å². The summed E-state index contributed by atoms with van der Waals surface area (Å²) in [6.45, 7) is 0.0674. The highest BCUT2D eigenvalue weighted by atomic mass is 79.9. The van der Waals surface area contributed by atoms with Crippen molar-refractivity contribution < 1.29 is 15.0 Å². The molecule has 1 aliphatic rings. The van der Waals surface area contributed by atoms with Gasteiger partial charge in [0.2, 0.25) is 0 Å². The summed E-state index contributed by atoms with van der Waals surface area (Å²) in [5.74, 6) is 0.0809. The minimum absolute atomic E-state index is 0.0674. The van der Waals surface area contributed by atoms with Crippen LogP contribution in [0.5, 0.6) is 0 Å². The molecule has 1 aromatic carbocycles. The first-order chi connectivity index (χ1) is 9.58. The molecule has 2 atom stereocenters. The molecule has 1 heterocycles. The van der Waals surface area contributed by atoms with Crippen molar-refractivity contribution in [3.05, 3.63) is 33.9 Å². The minimum Gasteiger partial charge on any atom is -0.465 e. The second-order valence-corrected chi connectivity index (χ2v) is 6.11. The molecule has 0 radical (unpaired) electrons. The Morgan fingerprint density at radius 1 is 1.50 bits per heavy atom. The SMILES string of the molecule is O=C(O)NC1CC(CO)Cc2c1[nH]c1ccc(Br)cc21. The third-order valence-corrected chi connectivity index (χ3v) is 4.36. The van der Waals surface area contributed by atoms with Crippen LogP contribution in [0.2, 0.25) is 0 Å². The molecule has 1 aromatic heterocycles. The number of H-pyrrole nitrogens is 1. The molecule has 2 unspecified atom stereocenters. The number of aliphatic hydroxyl groups excluding tert-OH is 1. The molecule has 3 rings (SSSR count). The van der Waals surface area contributed by atoms with Crippen LogP contribution in [0.15, 0.2) is 22.7 Å². The highest BCUT2D eigenvalue weighted by Crippen LogP contribution is 2.38. The monoisotopic (exact) mass is 338 g/mol. The van der Waals surface area contributed by atoms with Crippen LogP contribution in [-0.2, 0) is 6.42 Å². The number of hydrogen-bond acceptors (Lipinski definition) is 2. The van der Waals surface area contributed by atoms with E-state index in [1.807, 2.05) is 18.2 Å². The van der Waals surface area contributed by atoms with Gasteiger partial charge in [-0.1, -0.05) is 15.9 Å². The summed E-state index contributed by atoms with van der Waals surface area (Å²) in [6, 6.07) is 5.67. The van der Waals surface area contributed by atoms with Crippen LogP contribution in [0, 0.1) is 5.92 Å². The molecule has 0 saturated carbocycles. The number of aliphatic hydroxyl groups is 1. The zero-order chi connectivity index (χ0) is 14.3. The van der Waals surface area contributed by atoms with Gasteiger partial charge in [-0.2, -0.15) is 0 Å². The fraction of sp³-hybridized carbons (Fsp3) is 0.357. The zero-order valence-corrected chi connectivity index (χ0v) is 12.3. The van der Waals surface area contributed by atoms with Gasteiger partial charge in [-0.25, -0.2) is 4.79 Å². The van der Waals surface area contributed by atoms with Crippen molar-refractivity contribution in [2.75, 3.05) is 6.61 Å². The minimum atomic E-state index is -1.04. The highest BCUT2D eigenvalue weighted by molar-refractivity contribution is 9.10. The standard InChI is InChI=1S/C14H15BrN2O3/c15-8-1-2-11-9(5-8)10-3-7(6-18)4-12(13(10)16-11)17-14(19)20/h1-2,5,7,12,16-18H,3-4,6H2,(H,19,20). The predicted molar refractivity (Wildman–Crippen MR) is 78.8 cm³/mol. The molecule has 2 aromatic rings. The van der Waals surface area contributed by atoms with E-state index in [1.165, 1.54) is 0 Å². The quantitative estimate of drug-likeness (QED) is 0.679. The molecule has 20 heavy (non-hydrogen) atoms. The van der Waals surface area contributed by atoms with E-state index in [9.17, 15) is 9.90 Å². The molecule has 0 aliphatic heterocycles. The second kappa shape index (κ2) is 5.10. The van der Waals surface area contributed by atoms with E-state index in [0.717, 1.165) is 33.1 Å². The summed E-state index contributed by atoms with van der Waals surface area (Å²) in [5.41, 5.74) is 3.02. The predicted octanol–water partition coefficient (Wildman–Crippen LogP) is 2.79. The van der Waals surface area contributed by atoms with Gasteiger partial charge in [0, 0.05) is 27.7 Å². The second-order valence-electron chi connectivity index (χ2n) is 5.20. The van der Waals surface area contributed by atoms with Crippen LogP contribution in [0.25, 0.3) is 10.9 Å². The van der Waals surface area contributed by atoms with Crippen molar-refractivity contribution in [1.82, 2.24) is 10.3 Å². The molecule has 5 nitrogen and oxygen atoms in total. The summed E-state index contributed by atoms with van der Waals surface area (Å²) in [7, 11) is 0. The topological polar surface area (TPSA) is 85.3 Å². The van der Waals surface area contributed by atoms with Gasteiger partial charge in [0.05, 0.1) is 6.04 Å². The van der Waals surface area contributed by atoms with Gasteiger partial charge in [-0.15, -0.1) is 0 Å². The third kappa shape index (κ3) is 2.29. The molecule has 0 fully saturated rings. The largest absolute Gasteiger partial charge is 0.465 e. The Morgan fingerprint density at radius 3 is 3.00 bits per heavy atom. The van der Waals surface area contributed by atoms with E-state index in [0.29, 0.717) is 6.42 Å². The molecular formula is C14H15BrN2O3. The lowest BCUT2D eigenvalue weighted by Gasteiger charge is -2.28. The molecule has 4 N–H and O–H groups in total. The first kappa shape index (κ1) is 13.5. The van der Waals surface area contributed by atoms with Gasteiger partial charge in [-0.3, -0.25) is 0 Å². The number of fused-ring (bicyclic) bond motifs is 3. The van der Waals surface area contributed by atoms with Gasteiger partial charge in [-0.05, 0) is 42.5 Å². The molecule has 0 saturated heterocycles. The van der Waals surface area contributed by atoms with Gasteiger partial charge in [0.15, 0.2) is 0 Å². The van der Waals surface area contributed by atoms with E-state index >= 15 is 0 Å². The number of halogens is 1. The third-order valence-electron chi connectivity index (χ3n) is 3.87. The van der Waals surface area contributed by atoms with Crippen LogP contribution < -0.4 is 5.32 Å². The van der Waals surface area contributed by atoms with Crippen molar-refractivity contribution >= 4 is 32.9 Å². The Labute approximate surface area is 124 Å². The zero-order valence-electron chi connectivity index (χ0n) is 10.7. The van der Waals surface area contributed by atoms with Crippen molar-refractivity contribution in [3.63, 3.8) is 0 Å². The van der Waals surface area contributed by atoms with Crippen molar-refractivity contribution in [2.24, 2.45) is 5.92 Å².